The van der Waals surface area contributed by atoms with Crippen LogP contribution in [-0.4, -0.2) is 23.5 Å². The predicted molar refractivity (Wildman–Crippen MR) is 87.6 cm³/mol. The Hall–Kier alpha value is -2.01. The Bertz CT molecular complexity index is 823. The number of fused-ring (bicyclic) bond motifs is 1. The smallest absolute Gasteiger partial charge is 0.332 e. The molecule has 1 aliphatic rings. The van der Waals surface area contributed by atoms with E-state index in [4.69, 9.17) is 11.6 Å². The lowest BCUT2D eigenvalue weighted by atomic mass is 9.99. The normalized spacial score (nSPS) is 19.0. The van der Waals surface area contributed by atoms with Crippen LogP contribution in [0.4, 0.5) is 13.2 Å². The highest BCUT2D eigenvalue weighted by molar-refractivity contribution is 6.32. The van der Waals surface area contributed by atoms with Crippen LogP contribution in [0, 0.1) is 0 Å². The summed E-state index contributed by atoms with van der Waals surface area (Å²) >= 11 is 5.38. The van der Waals surface area contributed by atoms with E-state index >= 15 is 0 Å². The monoisotopic (exact) mass is 353 g/mol. The zero-order valence-electron chi connectivity index (χ0n) is 12.9. The summed E-state index contributed by atoms with van der Waals surface area (Å²) in [5.74, 6) is -0.641. The second-order valence-electron chi connectivity index (χ2n) is 5.78. The number of benzene rings is 2. The second-order valence-corrected chi connectivity index (χ2v) is 6.16. The van der Waals surface area contributed by atoms with E-state index in [1.807, 2.05) is 49.4 Å². The third-order valence-corrected chi connectivity index (χ3v) is 4.82. The van der Waals surface area contributed by atoms with E-state index in [-0.39, 0.29) is 24.6 Å². The first-order valence-electron chi connectivity index (χ1n) is 7.55. The molecule has 2 nitrogen and oxygen atoms in total. The second kappa shape index (κ2) is 6.13. The molecule has 0 aliphatic carbocycles. The summed E-state index contributed by atoms with van der Waals surface area (Å²) in [4.78, 5) is 13.9. The van der Waals surface area contributed by atoms with Gasteiger partial charge in [-0.2, -0.15) is 13.2 Å². The summed E-state index contributed by atoms with van der Waals surface area (Å²) in [6, 6.07) is 13.1. The van der Waals surface area contributed by atoms with Crippen molar-refractivity contribution in [3.63, 3.8) is 0 Å². The van der Waals surface area contributed by atoms with Gasteiger partial charge >= 0.3 is 6.18 Å². The predicted octanol–water partition coefficient (Wildman–Crippen LogP) is 5.19. The fraction of sp³-hybridized carbons (Fsp3) is 0.278. The molecule has 1 atom stereocenters. The molecule has 2 aromatic carbocycles. The Kier molecular flexibility index (Phi) is 4.30. The van der Waals surface area contributed by atoms with Gasteiger partial charge in [0.15, 0.2) is 0 Å². The van der Waals surface area contributed by atoms with Gasteiger partial charge in [0, 0.05) is 12.1 Å². The van der Waals surface area contributed by atoms with E-state index in [1.54, 1.807) is 0 Å². The largest absolute Gasteiger partial charge is 0.427 e. The van der Waals surface area contributed by atoms with Gasteiger partial charge in [-0.3, -0.25) is 4.79 Å². The van der Waals surface area contributed by atoms with Crippen molar-refractivity contribution in [3.05, 3.63) is 58.6 Å². The van der Waals surface area contributed by atoms with Crippen LogP contribution < -0.4 is 0 Å². The number of rotatable bonds is 2. The average Bonchev–Trinajstić information content (AvgIpc) is 2.93. The van der Waals surface area contributed by atoms with E-state index in [1.165, 1.54) is 4.90 Å². The van der Waals surface area contributed by atoms with Gasteiger partial charge < -0.3 is 4.90 Å². The zero-order valence-corrected chi connectivity index (χ0v) is 13.7. The van der Waals surface area contributed by atoms with Crippen molar-refractivity contribution in [3.8, 4) is 0 Å². The van der Waals surface area contributed by atoms with Crippen molar-refractivity contribution in [1.29, 1.82) is 0 Å². The standard InChI is InChI=1S/C18H15ClF3NO/c1-11(13-8-4-6-12-5-2-3-7-14(12)13)23-10-9-15(17(23)24)16(19)18(20,21)22/h2-8,11H,9-10H2,1H3/b16-15+/t11-/m1/s1. The first-order chi connectivity index (χ1) is 11.3. The maximum absolute atomic E-state index is 12.8. The van der Waals surface area contributed by atoms with Gasteiger partial charge in [-0.1, -0.05) is 54.1 Å². The molecule has 126 valence electrons. The highest BCUT2D eigenvalue weighted by Crippen LogP contribution is 2.38. The Labute approximate surface area is 142 Å². The number of halogens is 4. The van der Waals surface area contributed by atoms with E-state index < -0.39 is 17.1 Å². The van der Waals surface area contributed by atoms with Crippen molar-refractivity contribution in [2.75, 3.05) is 6.54 Å². The quantitative estimate of drug-likeness (QED) is 0.680. The number of amides is 1. The van der Waals surface area contributed by atoms with Gasteiger partial charge in [0.1, 0.15) is 5.03 Å². The summed E-state index contributed by atoms with van der Waals surface area (Å²) in [5.41, 5.74) is 0.557. The molecule has 1 aliphatic heterocycles. The third kappa shape index (κ3) is 2.88. The summed E-state index contributed by atoms with van der Waals surface area (Å²) in [6.07, 6.45) is -4.68. The van der Waals surface area contributed by atoms with Crippen LogP contribution >= 0.6 is 11.6 Å². The van der Waals surface area contributed by atoms with E-state index in [0.717, 1.165) is 16.3 Å². The van der Waals surface area contributed by atoms with Crippen molar-refractivity contribution in [2.45, 2.75) is 25.6 Å². The third-order valence-electron chi connectivity index (χ3n) is 4.38. The van der Waals surface area contributed by atoms with Gasteiger partial charge in [0.05, 0.1) is 6.04 Å². The Morgan fingerprint density at radius 3 is 2.54 bits per heavy atom. The summed E-state index contributed by atoms with van der Waals surface area (Å²) in [5, 5.41) is 0.706. The van der Waals surface area contributed by atoms with Crippen LogP contribution in [0.5, 0.6) is 0 Å². The summed E-state index contributed by atoms with van der Waals surface area (Å²) in [7, 11) is 0. The summed E-state index contributed by atoms with van der Waals surface area (Å²) < 4.78 is 38.3. The topological polar surface area (TPSA) is 20.3 Å². The number of hydrogen-bond donors (Lipinski definition) is 0. The fourth-order valence-electron chi connectivity index (χ4n) is 3.14. The number of alkyl halides is 3. The van der Waals surface area contributed by atoms with Crippen molar-refractivity contribution >= 4 is 28.3 Å². The van der Waals surface area contributed by atoms with Crippen molar-refractivity contribution in [2.24, 2.45) is 0 Å². The maximum Gasteiger partial charge on any atom is 0.427 e. The van der Waals surface area contributed by atoms with Crippen LogP contribution in [0.15, 0.2) is 53.1 Å². The number of likely N-dealkylation sites (tertiary alicyclic amines) is 1. The molecule has 0 N–H and O–H groups in total. The van der Waals surface area contributed by atoms with Gasteiger partial charge in [-0.15, -0.1) is 0 Å². The minimum Gasteiger partial charge on any atom is -0.332 e. The Morgan fingerprint density at radius 2 is 1.83 bits per heavy atom. The SMILES string of the molecule is C[C@H](c1cccc2ccccc12)N1CC/C(=C(\Cl)C(F)(F)F)C1=O. The fourth-order valence-corrected chi connectivity index (χ4v) is 3.32. The highest BCUT2D eigenvalue weighted by Gasteiger charge is 2.41. The van der Waals surface area contributed by atoms with Crippen LogP contribution in [0.2, 0.25) is 0 Å². The molecule has 0 bridgehead atoms. The molecule has 6 heteroatoms. The van der Waals surface area contributed by atoms with Crippen molar-refractivity contribution < 1.29 is 18.0 Å². The number of hydrogen-bond acceptors (Lipinski definition) is 1. The van der Waals surface area contributed by atoms with E-state index in [2.05, 4.69) is 0 Å². The molecular formula is C18H15ClF3NO. The molecule has 1 heterocycles. The molecule has 2 aromatic rings. The first kappa shape index (κ1) is 16.8. The van der Waals surface area contributed by atoms with Crippen LogP contribution in [0.1, 0.15) is 24.9 Å². The lowest BCUT2D eigenvalue weighted by molar-refractivity contribution is -0.127. The molecule has 0 radical (unpaired) electrons. The Balaban J connectivity index is 1.97. The Morgan fingerprint density at radius 1 is 1.17 bits per heavy atom. The maximum atomic E-state index is 12.8. The first-order valence-corrected chi connectivity index (χ1v) is 7.93. The van der Waals surface area contributed by atoms with E-state index in [0.29, 0.717) is 0 Å². The van der Waals surface area contributed by atoms with Gasteiger partial charge in [-0.25, -0.2) is 0 Å². The molecule has 24 heavy (non-hydrogen) atoms. The molecule has 1 fully saturated rings. The minimum atomic E-state index is -4.69. The number of nitrogens with zero attached hydrogens (tertiary/aromatic N) is 1. The van der Waals surface area contributed by atoms with Crippen LogP contribution in [-0.2, 0) is 4.79 Å². The summed E-state index contributed by atoms with van der Waals surface area (Å²) in [6.45, 7) is 2.05. The number of carbonyl (C=O) groups excluding carboxylic acids is 1. The van der Waals surface area contributed by atoms with Crippen LogP contribution in [0.3, 0.4) is 0 Å². The van der Waals surface area contributed by atoms with Gasteiger partial charge in [0.2, 0.25) is 0 Å². The molecule has 1 amide bonds. The number of allylic oxidation sites excluding steroid dienone is 1. The number of carbonyl (C=O) groups is 1. The molecule has 0 spiro atoms. The lowest BCUT2D eigenvalue weighted by Crippen LogP contribution is -2.29. The highest BCUT2D eigenvalue weighted by atomic mass is 35.5. The average molecular weight is 354 g/mol. The van der Waals surface area contributed by atoms with E-state index in [9.17, 15) is 18.0 Å². The van der Waals surface area contributed by atoms with Gasteiger partial charge in [-0.05, 0) is 29.7 Å². The molecule has 0 saturated carbocycles. The van der Waals surface area contributed by atoms with Crippen molar-refractivity contribution in [1.82, 2.24) is 4.90 Å². The zero-order chi connectivity index (χ0) is 17.5. The van der Waals surface area contributed by atoms with Gasteiger partial charge in [0.25, 0.3) is 5.91 Å². The van der Waals surface area contributed by atoms with Crippen LogP contribution in [0.25, 0.3) is 10.8 Å². The molecule has 0 aromatic heterocycles. The molecular weight excluding hydrogens is 339 g/mol. The molecule has 3 rings (SSSR count). The lowest BCUT2D eigenvalue weighted by Gasteiger charge is -2.25. The molecule has 0 unspecified atom stereocenters. The molecule has 1 saturated heterocycles. The minimum absolute atomic E-state index is 0.00623.